The van der Waals surface area contributed by atoms with E-state index in [9.17, 15) is 9.59 Å². The van der Waals surface area contributed by atoms with E-state index in [1.54, 1.807) is 0 Å². The molecule has 104 valence electrons. The lowest BCUT2D eigenvalue weighted by Gasteiger charge is -2.38. The molecule has 0 saturated heterocycles. The molecule has 0 unspecified atom stereocenters. The highest BCUT2D eigenvalue weighted by molar-refractivity contribution is 5.77. The summed E-state index contributed by atoms with van der Waals surface area (Å²) in [5, 5.41) is 2.67. The van der Waals surface area contributed by atoms with Crippen LogP contribution >= 0.6 is 0 Å². The Morgan fingerprint density at radius 1 is 1.28 bits per heavy atom. The summed E-state index contributed by atoms with van der Waals surface area (Å²) in [6.45, 7) is 5.88. The molecule has 0 bridgehead atoms. The van der Waals surface area contributed by atoms with Crippen LogP contribution in [-0.4, -0.2) is 31.3 Å². The largest absolute Gasteiger partial charge is 0.469 e. The van der Waals surface area contributed by atoms with Crippen LogP contribution in [0.5, 0.6) is 0 Å². The van der Waals surface area contributed by atoms with Gasteiger partial charge in [0.1, 0.15) is 5.60 Å². The predicted molar refractivity (Wildman–Crippen MR) is 67.2 cm³/mol. The van der Waals surface area contributed by atoms with Crippen molar-refractivity contribution in [3.63, 3.8) is 0 Å². The van der Waals surface area contributed by atoms with Crippen LogP contribution in [-0.2, 0) is 14.3 Å². The van der Waals surface area contributed by atoms with E-state index < -0.39 is 11.7 Å². The number of hydrogen-bond donors (Lipinski definition) is 1. The normalized spacial score (nSPS) is 17.6. The maximum atomic E-state index is 11.7. The van der Waals surface area contributed by atoms with Gasteiger partial charge in [-0.15, -0.1) is 0 Å². The van der Waals surface area contributed by atoms with E-state index in [1.807, 2.05) is 20.8 Å². The number of esters is 1. The van der Waals surface area contributed by atoms with E-state index >= 15 is 0 Å². The Morgan fingerprint density at radius 3 is 2.28 bits per heavy atom. The summed E-state index contributed by atoms with van der Waals surface area (Å²) in [7, 11) is 1.41. The molecule has 5 heteroatoms. The van der Waals surface area contributed by atoms with Crippen LogP contribution in [0.3, 0.4) is 0 Å². The van der Waals surface area contributed by atoms with E-state index in [-0.39, 0.29) is 11.4 Å². The molecule has 0 aliphatic heterocycles. The summed E-state index contributed by atoms with van der Waals surface area (Å²) in [6.07, 6.45) is 2.90. The summed E-state index contributed by atoms with van der Waals surface area (Å²) in [5.74, 6) is -0.167. The third kappa shape index (κ3) is 3.89. The second-order valence-corrected chi connectivity index (χ2v) is 5.80. The first-order valence-electron chi connectivity index (χ1n) is 6.34. The highest BCUT2D eigenvalue weighted by atomic mass is 16.6. The van der Waals surface area contributed by atoms with Gasteiger partial charge in [-0.25, -0.2) is 4.79 Å². The molecule has 0 atom stereocenters. The fourth-order valence-electron chi connectivity index (χ4n) is 2.09. The first-order valence-corrected chi connectivity index (χ1v) is 6.34. The molecule has 0 spiro atoms. The summed E-state index contributed by atoms with van der Waals surface area (Å²) >= 11 is 0. The van der Waals surface area contributed by atoms with Crippen molar-refractivity contribution in [1.82, 2.24) is 5.32 Å². The quantitative estimate of drug-likeness (QED) is 0.784. The summed E-state index contributed by atoms with van der Waals surface area (Å²) in [6, 6.07) is 0. The monoisotopic (exact) mass is 257 g/mol. The minimum atomic E-state index is -0.499. The van der Waals surface area contributed by atoms with Crippen LogP contribution < -0.4 is 5.32 Å². The number of rotatable bonds is 4. The molecule has 0 aromatic carbocycles. The number of alkyl carbamates (subject to hydrolysis) is 1. The molecule has 1 saturated carbocycles. The highest BCUT2D eigenvalue weighted by Crippen LogP contribution is 2.44. The van der Waals surface area contributed by atoms with E-state index in [2.05, 4.69) is 5.32 Å². The lowest BCUT2D eigenvalue weighted by atomic mass is 9.66. The van der Waals surface area contributed by atoms with Crippen LogP contribution in [0, 0.1) is 5.41 Å². The standard InChI is InChI=1S/C13H23NO4/c1-12(2,3)18-11(16)14-9-8-13(6-5-7-13)10(15)17-4/h5-9H2,1-4H3,(H,14,16). The maximum absolute atomic E-state index is 11.7. The number of ether oxygens (including phenoxy) is 2. The van der Waals surface area contributed by atoms with Gasteiger partial charge in [-0.05, 0) is 40.0 Å². The second kappa shape index (κ2) is 5.59. The summed E-state index contributed by atoms with van der Waals surface area (Å²) < 4.78 is 9.94. The van der Waals surface area contributed by atoms with Crippen LogP contribution in [0.1, 0.15) is 46.5 Å². The molecule has 0 radical (unpaired) electrons. The van der Waals surface area contributed by atoms with Gasteiger partial charge >= 0.3 is 12.1 Å². The van der Waals surface area contributed by atoms with Crippen molar-refractivity contribution in [1.29, 1.82) is 0 Å². The van der Waals surface area contributed by atoms with Crippen molar-refractivity contribution < 1.29 is 19.1 Å². The van der Waals surface area contributed by atoms with E-state index in [4.69, 9.17) is 9.47 Å². The zero-order chi connectivity index (χ0) is 13.8. The third-order valence-electron chi connectivity index (χ3n) is 3.20. The van der Waals surface area contributed by atoms with E-state index in [1.165, 1.54) is 7.11 Å². The molecule has 1 aliphatic rings. The lowest BCUT2D eigenvalue weighted by Crippen LogP contribution is -2.42. The molecular formula is C13H23NO4. The third-order valence-corrected chi connectivity index (χ3v) is 3.20. The van der Waals surface area contributed by atoms with Gasteiger partial charge in [0.25, 0.3) is 0 Å². The van der Waals surface area contributed by atoms with Gasteiger partial charge in [-0.3, -0.25) is 4.79 Å². The predicted octanol–water partition coefficient (Wildman–Crippen LogP) is 2.24. The van der Waals surface area contributed by atoms with Crippen LogP contribution in [0.25, 0.3) is 0 Å². The van der Waals surface area contributed by atoms with Gasteiger partial charge in [-0.1, -0.05) is 6.42 Å². The van der Waals surface area contributed by atoms with Gasteiger partial charge in [0.15, 0.2) is 0 Å². The smallest absolute Gasteiger partial charge is 0.407 e. The first kappa shape index (κ1) is 14.8. The fraction of sp³-hybridized carbons (Fsp3) is 0.846. The molecule has 5 nitrogen and oxygen atoms in total. The first-order chi connectivity index (χ1) is 8.29. The SMILES string of the molecule is COC(=O)C1(CCNC(=O)OC(C)(C)C)CCC1. The molecule has 1 amide bonds. The average molecular weight is 257 g/mol. The zero-order valence-electron chi connectivity index (χ0n) is 11.7. The van der Waals surface area contributed by atoms with Crippen molar-refractivity contribution in [3.05, 3.63) is 0 Å². The van der Waals surface area contributed by atoms with Crippen molar-refractivity contribution in [2.75, 3.05) is 13.7 Å². The molecule has 0 aromatic rings. The average Bonchev–Trinajstić information content (AvgIpc) is 2.18. The van der Waals surface area contributed by atoms with Crippen molar-refractivity contribution in [2.45, 2.75) is 52.1 Å². The second-order valence-electron chi connectivity index (χ2n) is 5.80. The zero-order valence-corrected chi connectivity index (χ0v) is 11.7. The number of hydrogen-bond acceptors (Lipinski definition) is 4. The van der Waals surface area contributed by atoms with Gasteiger partial charge < -0.3 is 14.8 Å². The van der Waals surface area contributed by atoms with Gasteiger partial charge in [0.2, 0.25) is 0 Å². The molecule has 0 aromatic heterocycles. The van der Waals surface area contributed by atoms with Crippen molar-refractivity contribution >= 4 is 12.1 Å². The minimum Gasteiger partial charge on any atom is -0.469 e. The number of amides is 1. The Kier molecular flexibility index (Phi) is 4.59. The number of carbonyl (C=O) groups excluding carboxylic acids is 2. The topological polar surface area (TPSA) is 64.6 Å². The van der Waals surface area contributed by atoms with Crippen molar-refractivity contribution in [2.24, 2.45) is 5.41 Å². The summed E-state index contributed by atoms with van der Waals surface area (Å²) in [4.78, 5) is 23.1. The van der Waals surface area contributed by atoms with Gasteiger partial charge in [-0.2, -0.15) is 0 Å². The fourth-order valence-corrected chi connectivity index (χ4v) is 2.09. The molecule has 1 fully saturated rings. The van der Waals surface area contributed by atoms with Crippen LogP contribution in [0.15, 0.2) is 0 Å². The Bertz CT molecular complexity index is 315. The Morgan fingerprint density at radius 2 is 1.89 bits per heavy atom. The molecular weight excluding hydrogens is 234 g/mol. The molecule has 18 heavy (non-hydrogen) atoms. The minimum absolute atomic E-state index is 0.167. The van der Waals surface area contributed by atoms with Gasteiger partial charge in [0, 0.05) is 6.54 Å². The number of methoxy groups -OCH3 is 1. The molecule has 1 N–H and O–H groups in total. The maximum Gasteiger partial charge on any atom is 0.407 e. The summed E-state index contributed by atoms with van der Waals surface area (Å²) in [5.41, 5.74) is -0.885. The molecule has 1 rings (SSSR count). The number of carbonyl (C=O) groups is 2. The Balaban J connectivity index is 2.32. The Hall–Kier alpha value is -1.26. The van der Waals surface area contributed by atoms with E-state index in [0.717, 1.165) is 19.3 Å². The molecule has 0 heterocycles. The number of nitrogens with one attached hydrogen (secondary N) is 1. The van der Waals surface area contributed by atoms with Gasteiger partial charge in [0.05, 0.1) is 12.5 Å². The van der Waals surface area contributed by atoms with E-state index in [0.29, 0.717) is 13.0 Å². The van der Waals surface area contributed by atoms with Crippen molar-refractivity contribution in [3.8, 4) is 0 Å². The highest BCUT2D eigenvalue weighted by Gasteiger charge is 2.44. The van der Waals surface area contributed by atoms with Crippen LogP contribution in [0.4, 0.5) is 4.79 Å². The molecule has 1 aliphatic carbocycles. The Labute approximate surface area is 108 Å². The lowest BCUT2D eigenvalue weighted by molar-refractivity contribution is -0.158. The van der Waals surface area contributed by atoms with Crippen LogP contribution in [0.2, 0.25) is 0 Å².